The standard InChI is InChI=1S/C11H12N2.C4H13N3.2HI.Pt/c1-12-7-8-13(10-12)9-11-5-3-2-4-6-11;5-1-3-7-4-2-6;;;/h2-8H,9H2,1H3;7H,1-6H2;2*1H;/q;;;;+2/p-2. The van der Waals surface area contributed by atoms with Crippen LogP contribution < -0.4 is 40.8 Å². The van der Waals surface area contributed by atoms with E-state index in [-0.39, 0.29) is 24.0 Å². The van der Waals surface area contributed by atoms with Crippen LogP contribution in [0, 0.1) is 6.67 Å². The Morgan fingerprint density at radius 1 is 1.09 bits per heavy atom. The van der Waals surface area contributed by atoms with Crippen molar-refractivity contribution in [2.75, 3.05) is 33.2 Å². The molecule has 0 atom stereocenters. The van der Waals surface area contributed by atoms with Crippen LogP contribution >= 0.6 is 19.4 Å². The molecular formula is C15H25I2N5Pt. The van der Waals surface area contributed by atoms with E-state index in [4.69, 9.17) is 11.5 Å². The number of nitrogens with zero attached hydrogens (tertiary/aromatic N) is 2. The number of hydrogen-bond donors (Lipinski definition) is 3. The average molecular weight is 724 g/mol. The third-order valence-electron chi connectivity index (χ3n) is 2.59. The molecule has 1 aliphatic heterocycles. The fourth-order valence-electron chi connectivity index (χ4n) is 1.65. The van der Waals surface area contributed by atoms with Crippen molar-refractivity contribution in [3.8, 4) is 0 Å². The van der Waals surface area contributed by atoms with E-state index in [0.717, 1.165) is 19.6 Å². The molecule has 134 valence electrons. The van der Waals surface area contributed by atoms with Crippen molar-refractivity contribution in [2.45, 2.75) is 6.54 Å². The molecule has 1 aliphatic rings. The fraction of sp³-hybridized carbons (Fsp3) is 0.400. The molecule has 1 heterocycles. The topological polar surface area (TPSA) is 70.5 Å². The zero-order valence-corrected chi connectivity index (χ0v) is 19.8. The Bertz CT molecular complexity index is 377. The van der Waals surface area contributed by atoms with Gasteiger partial charge in [-0.2, -0.15) is 0 Å². The predicted octanol–water partition coefficient (Wildman–Crippen LogP) is -1.72. The summed E-state index contributed by atoms with van der Waals surface area (Å²) < 4.78 is 0. The maximum absolute atomic E-state index is 5.17. The monoisotopic (exact) mass is 724 g/mol. The SMILES string of the molecule is CN1[C]N(Cc2ccccc2)C=C1.NCCNCCN.[I-].[I][Pt+]. The Labute approximate surface area is 179 Å². The zero-order valence-electron chi connectivity index (χ0n) is 13.2. The van der Waals surface area contributed by atoms with Gasteiger partial charge >= 0.3 is 35.5 Å². The first-order valence-corrected chi connectivity index (χ1v) is 13.4. The molecule has 0 amide bonds. The van der Waals surface area contributed by atoms with Crippen molar-refractivity contribution < 1.29 is 40.1 Å². The summed E-state index contributed by atoms with van der Waals surface area (Å²) in [6.07, 6.45) is 4.01. The third-order valence-corrected chi connectivity index (χ3v) is 2.59. The van der Waals surface area contributed by atoms with Crippen LogP contribution in [0.1, 0.15) is 5.56 Å². The van der Waals surface area contributed by atoms with Gasteiger partial charge in [-0.1, -0.05) is 30.3 Å². The molecule has 2 rings (SSSR count). The van der Waals surface area contributed by atoms with Gasteiger partial charge in [0.1, 0.15) is 0 Å². The molecular weight excluding hydrogens is 699 g/mol. The van der Waals surface area contributed by atoms with Crippen LogP contribution in [0.4, 0.5) is 0 Å². The summed E-state index contributed by atoms with van der Waals surface area (Å²) in [5.41, 5.74) is 11.6. The first-order chi connectivity index (χ1) is 10.8. The van der Waals surface area contributed by atoms with Gasteiger partial charge in [-0.3, -0.25) is 0 Å². The second-order valence-corrected chi connectivity index (χ2v) is 4.45. The van der Waals surface area contributed by atoms with E-state index in [9.17, 15) is 0 Å². The fourth-order valence-corrected chi connectivity index (χ4v) is 1.65. The van der Waals surface area contributed by atoms with Gasteiger partial charge in [0.15, 0.2) is 0 Å². The molecule has 0 aromatic heterocycles. The van der Waals surface area contributed by atoms with E-state index in [1.165, 1.54) is 5.56 Å². The van der Waals surface area contributed by atoms with Crippen LogP contribution in [0.15, 0.2) is 42.7 Å². The predicted molar refractivity (Wildman–Crippen MR) is 97.1 cm³/mol. The second-order valence-electron chi connectivity index (χ2n) is 4.45. The second kappa shape index (κ2) is 18.9. The number of hydrogen-bond acceptors (Lipinski definition) is 5. The van der Waals surface area contributed by atoms with Crippen molar-refractivity contribution in [3.05, 3.63) is 55.0 Å². The molecule has 5 nitrogen and oxygen atoms in total. The van der Waals surface area contributed by atoms with E-state index >= 15 is 0 Å². The molecule has 8 heteroatoms. The molecule has 0 saturated heterocycles. The van der Waals surface area contributed by atoms with Crippen molar-refractivity contribution in [2.24, 2.45) is 11.5 Å². The number of nitrogens with two attached hydrogens (primary N) is 2. The zero-order chi connectivity index (χ0) is 16.6. The van der Waals surface area contributed by atoms with Crippen LogP contribution in [0.3, 0.4) is 0 Å². The Balaban J connectivity index is 0. The van der Waals surface area contributed by atoms with Crippen LogP contribution in [0.2, 0.25) is 0 Å². The third kappa shape index (κ3) is 14.6. The van der Waals surface area contributed by atoms with Gasteiger partial charge in [-0.15, -0.1) is 0 Å². The molecule has 0 fully saturated rings. The van der Waals surface area contributed by atoms with Crippen LogP contribution in [0.25, 0.3) is 0 Å². The Hall–Kier alpha value is 0.588. The van der Waals surface area contributed by atoms with Crippen LogP contribution in [-0.4, -0.2) is 43.0 Å². The van der Waals surface area contributed by atoms with E-state index in [1.807, 2.05) is 35.3 Å². The van der Waals surface area contributed by atoms with Crippen molar-refractivity contribution in [1.82, 2.24) is 15.1 Å². The van der Waals surface area contributed by atoms with Gasteiger partial charge in [-0.25, -0.2) is 0 Å². The maximum atomic E-state index is 5.17. The molecule has 5 N–H and O–H groups in total. The minimum atomic E-state index is 0. The van der Waals surface area contributed by atoms with Gasteiger partial charge < -0.3 is 50.6 Å². The average Bonchev–Trinajstić information content (AvgIpc) is 2.96. The Kier molecular flexibility index (Phi) is 21.2. The molecule has 0 spiro atoms. The molecule has 0 bridgehead atoms. The summed E-state index contributed by atoms with van der Waals surface area (Å²) in [5.74, 6) is 0. The van der Waals surface area contributed by atoms with Gasteiger partial charge in [0.25, 0.3) is 0 Å². The first-order valence-electron chi connectivity index (χ1n) is 6.97. The minimum absolute atomic E-state index is 0. The molecule has 2 radical (unpaired) electrons. The number of rotatable bonds is 6. The summed E-state index contributed by atoms with van der Waals surface area (Å²) in [4.78, 5) is 3.96. The summed E-state index contributed by atoms with van der Waals surface area (Å²) >= 11 is 4.23. The van der Waals surface area contributed by atoms with Crippen molar-refractivity contribution in [3.63, 3.8) is 0 Å². The molecule has 23 heavy (non-hydrogen) atoms. The van der Waals surface area contributed by atoms with E-state index < -0.39 is 0 Å². The van der Waals surface area contributed by atoms with Crippen molar-refractivity contribution >= 4 is 19.4 Å². The van der Waals surface area contributed by atoms with Crippen LogP contribution in [-0.2, 0) is 22.7 Å². The summed E-state index contributed by atoms with van der Waals surface area (Å²) in [5, 5.41) is 3.03. The molecule has 0 aliphatic carbocycles. The summed E-state index contributed by atoms with van der Waals surface area (Å²) in [6.45, 7) is 7.18. The van der Waals surface area contributed by atoms with Gasteiger partial charge in [0, 0.05) is 52.2 Å². The van der Waals surface area contributed by atoms with Gasteiger partial charge in [0.2, 0.25) is 6.67 Å². The number of benzene rings is 1. The normalized spacial score (nSPS) is 11.9. The summed E-state index contributed by atoms with van der Waals surface area (Å²) in [6, 6.07) is 10.4. The Morgan fingerprint density at radius 3 is 2.09 bits per heavy atom. The van der Waals surface area contributed by atoms with Gasteiger partial charge in [0.05, 0.1) is 0 Å². The molecule has 1 aromatic rings. The van der Waals surface area contributed by atoms with E-state index in [2.05, 4.69) is 71.7 Å². The quantitative estimate of drug-likeness (QED) is 0.241. The number of halogens is 2. The summed E-state index contributed by atoms with van der Waals surface area (Å²) in [7, 11) is 1.97. The number of nitrogens with one attached hydrogen (secondary N) is 1. The van der Waals surface area contributed by atoms with E-state index in [1.54, 1.807) is 0 Å². The molecule has 1 aromatic carbocycles. The molecule has 0 unspecified atom stereocenters. The molecule has 0 saturated carbocycles. The van der Waals surface area contributed by atoms with Crippen molar-refractivity contribution in [1.29, 1.82) is 0 Å². The van der Waals surface area contributed by atoms with Crippen LogP contribution in [0.5, 0.6) is 0 Å². The van der Waals surface area contributed by atoms with E-state index in [0.29, 0.717) is 13.1 Å². The Morgan fingerprint density at radius 2 is 1.65 bits per heavy atom. The van der Waals surface area contributed by atoms with Gasteiger partial charge in [-0.05, 0) is 5.56 Å². The first kappa shape index (κ1) is 25.8.